The van der Waals surface area contributed by atoms with Crippen molar-refractivity contribution in [2.45, 2.75) is 6.92 Å². The summed E-state index contributed by atoms with van der Waals surface area (Å²) in [7, 11) is 1.57. The van der Waals surface area contributed by atoms with E-state index >= 15 is 0 Å². The number of methoxy groups -OCH3 is 1. The highest BCUT2D eigenvalue weighted by atomic mass is 79.9. The molecule has 6 heteroatoms. The summed E-state index contributed by atoms with van der Waals surface area (Å²) in [6, 6.07) is 5.31. The molecule has 3 N–H and O–H groups in total. The van der Waals surface area contributed by atoms with E-state index in [0.717, 1.165) is 10.0 Å². The standard InChI is InChI=1S/C13H13BrN2O2S/c1-7-3-9(14)11(5-10(7)15)16-13(17)12-4-8(18-2)6-19-12/h3-6H,15H2,1-2H3,(H,16,17). The summed E-state index contributed by atoms with van der Waals surface area (Å²) < 4.78 is 5.86. The molecule has 1 aromatic carbocycles. The Hall–Kier alpha value is -1.53. The van der Waals surface area contributed by atoms with Gasteiger partial charge in [-0.25, -0.2) is 0 Å². The third-order valence-electron chi connectivity index (χ3n) is 2.64. The lowest BCUT2D eigenvalue weighted by Crippen LogP contribution is -2.11. The molecule has 0 unspecified atom stereocenters. The molecule has 0 aliphatic carbocycles. The molecule has 2 rings (SSSR count). The molecule has 19 heavy (non-hydrogen) atoms. The molecule has 1 heterocycles. The number of benzene rings is 1. The maximum absolute atomic E-state index is 12.1. The van der Waals surface area contributed by atoms with E-state index < -0.39 is 0 Å². The quantitative estimate of drug-likeness (QED) is 0.838. The van der Waals surface area contributed by atoms with Crippen LogP contribution in [-0.4, -0.2) is 13.0 Å². The smallest absolute Gasteiger partial charge is 0.265 e. The van der Waals surface area contributed by atoms with Gasteiger partial charge in [-0.15, -0.1) is 11.3 Å². The minimum absolute atomic E-state index is 0.183. The predicted molar refractivity (Wildman–Crippen MR) is 82.1 cm³/mol. The molecule has 1 aromatic heterocycles. The second-order valence-corrected chi connectivity index (χ2v) is 5.76. The van der Waals surface area contributed by atoms with Crippen molar-refractivity contribution >= 4 is 44.5 Å². The van der Waals surface area contributed by atoms with Crippen LogP contribution in [0.15, 0.2) is 28.1 Å². The number of hydrogen-bond acceptors (Lipinski definition) is 4. The van der Waals surface area contributed by atoms with Crippen LogP contribution in [0, 0.1) is 6.92 Å². The van der Waals surface area contributed by atoms with Gasteiger partial charge in [0.2, 0.25) is 0 Å². The second kappa shape index (κ2) is 5.63. The summed E-state index contributed by atoms with van der Waals surface area (Å²) >= 11 is 4.74. The number of nitrogen functional groups attached to an aromatic ring is 1. The Bertz CT molecular complexity index is 625. The van der Waals surface area contributed by atoms with E-state index in [1.54, 1.807) is 24.6 Å². The number of nitrogens with one attached hydrogen (secondary N) is 1. The van der Waals surface area contributed by atoms with Crippen LogP contribution in [0.2, 0.25) is 0 Å². The van der Waals surface area contributed by atoms with Gasteiger partial charge in [-0.2, -0.15) is 0 Å². The summed E-state index contributed by atoms with van der Waals surface area (Å²) in [5, 5.41) is 4.61. The van der Waals surface area contributed by atoms with Gasteiger partial charge < -0.3 is 15.8 Å². The lowest BCUT2D eigenvalue weighted by Gasteiger charge is -2.09. The van der Waals surface area contributed by atoms with E-state index in [-0.39, 0.29) is 5.91 Å². The molecule has 2 aromatic rings. The summed E-state index contributed by atoms with van der Waals surface area (Å²) in [5.41, 5.74) is 8.10. The van der Waals surface area contributed by atoms with Crippen molar-refractivity contribution in [1.82, 2.24) is 0 Å². The van der Waals surface area contributed by atoms with Gasteiger partial charge >= 0.3 is 0 Å². The third-order valence-corrected chi connectivity index (χ3v) is 4.20. The maximum atomic E-state index is 12.1. The predicted octanol–water partition coefficient (Wildman–Crippen LogP) is 3.66. The molecule has 0 spiro atoms. The van der Waals surface area contributed by atoms with E-state index in [2.05, 4.69) is 21.2 Å². The first kappa shape index (κ1) is 13.9. The molecule has 1 amide bonds. The number of rotatable bonds is 3. The Morgan fingerprint density at radius 3 is 2.79 bits per heavy atom. The molecule has 0 aliphatic heterocycles. The van der Waals surface area contributed by atoms with Crippen LogP contribution in [0.1, 0.15) is 15.2 Å². The number of aryl methyl sites for hydroxylation is 1. The Morgan fingerprint density at radius 2 is 2.16 bits per heavy atom. The van der Waals surface area contributed by atoms with Gasteiger partial charge in [0.15, 0.2) is 0 Å². The van der Waals surface area contributed by atoms with Crippen LogP contribution in [-0.2, 0) is 0 Å². The van der Waals surface area contributed by atoms with Crippen LogP contribution in [0.5, 0.6) is 5.75 Å². The van der Waals surface area contributed by atoms with Crippen LogP contribution in [0.4, 0.5) is 11.4 Å². The molecule has 0 saturated carbocycles. The van der Waals surface area contributed by atoms with Crippen LogP contribution in [0.3, 0.4) is 0 Å². The third kappa shape index (κ3) is 3.08. The fraction of sp³-hybridized carbons (Fsp3) is 0.154. The highest BCUT2D eigenvalue weighted by Gasteiger charge is 2.12. The molecular formula is C13H13BrN2O2S. The average molecular weight is 341 g/mol. The average Bonchev–Trinajstić information content (AvgIpc) is 2.84. The normalized spacial score (nSPS) is 10.3. The lowest BCUT2D eigenvalue weighted by molar-refractivity contribution is 0.103. The van der Waals surface area contributed by atoms with Gasteiger partial charge in [0.1, 0.15) is 5.75 Å². The first-order valence-electron chi connectivity index (χ1n) is 5.50. The monoisotopic (exact) mass is 340 g/mol. The molecule has 0 bridgehead atoms. The van der Waals surface area contributed by atoms with Gasteiger partial charge in [0.05, 0.1) is 17.7 Å². The zero-order valence-electron chi connectivity index (χ0n) is 10.5. The van der Waals surface area contributed by atoms with Crippen molar-refractivity contribution in [3.8, 4) is 5.75 Å². The minimum Gasteiger partial charge on any atom is -0.496 e. The van der Waals surface area contributed by atoms with Crippen molar-refractivity contribution in [2.24, 2.45) is 0 Å². The second-order valence-electron chi connectivity index (χ2n) is 3.99. The molecular weight excluding hydrogens is 328 g/mol. The molecule has 0 aliphatic rings. The maximum Gasteiger partial charge on any atom is 0.265 e. The van der Waals surface area contributed by atoms with E-state index in [4.69, 9.17) is 10.5 Å². The van der Waals surface area contributed by atoms with Gasteiger partial charge in [-0.3, -0.25) is 4.79 Å². The van der Waals surface area contributed by atoms with Crippen molar-refractivity contribution < 1.29 is 9.53 Å². The zero-order chi connectivity index (χ0) is 14.0. The van der Waals surface area contributed by atoms with E-state index in [0.29, 0.717) is 22.0 Å². The number of carbonyl (C=O) groups excluding carboxylic acids is 1. The largest absolute Gasteiger partial charge is 0.496 e. The molecule has 0 radical (unpaired) electrons. The van der Waals surface area contributed by atoms with E-state index in [1.165, 1.54) is 11.3 Å². The Labute approximate surface area is 123 Å². The van der Waals surface area contributed by atoms with Crippen LogP contribution < -0.4 is 15.8 Å². The summed E-state index contributed by atoms with van der Waals surface area (Å²) in [6.07, 6.45) is 0. The summed E-state index contributed by atoms with van der Waals surface area (Å²) in [4.78, 5) is 12.7. The topological polar surface area (TPSA) is 64.3 Å². The number of thiophene rings is 1. The number of amides is 1. The van der Waals surface area contributed by atoms with Gasteiger partial charge in [-0.1, -0.05) is 0 Å². The zero-order valence-corrected chi connectivity index (χ0v) is 12.9. The van der Waals surface area contributed by atoms with E-state index in [9.17, 15) is 4.79 Å². The highest BCUT2D eigenvalue weighted by Crippen LogP contribution is 2.29. The van der Waals surface area contributed by atoms with Crippen molar-refractivity contribution in [3.05, 3.63) is 38.5 Å². The first-order chi connectivity index (χ1) is 9.01. The molecule has 100 valence electrons. The van der Waals surface area contributed by atoms with E-state index in [1.807, 2.05) is 13.0 Å². The number of halogens is 1. The van der Waals surface area contributed by atoms with Gasteiger partial charge in [0.25, 0.3) is 5.91 Å². The lowest BCUT2D eigenvalue weighted by atomic mass is 10.2. The molecule has 0 fully saturated rings. The molecule has 0 atom stereocenters. The fourth-order valence-electron chi connectivity index (χ4n) is 1.51. The number of hydrogen-bond donors (Lipinski definition) is 2. The Kier molecular flexibility index (Phi) is 4.11. The van der Waals surface area contributed by atoms with Gasteiger partial charge in [0, 0.05) is 21.6 Å². The van der Waals surface area contributed by atoms with Crippen molar-refractivity contribution in [3.63, 3.8) is 0 Å². The Balaban J connectivity index is 2.21. The fourth-order valence-corrected chi connectivity index (χ4v) is 2.82. The van der Waals surface area contributed by atoms with Crippen molar-refractivity contribution in [2.75, 3.05) is 18.2 Å². The molecule has 0 saturated heterocycles. The number of nitrogens with two attached hydrogens (primary N) is 1. The first-order valence-corrected chi connectivity index (χ1v) is 7.18. The SMILES string of the molecule is COc1csc(C(=O)Nc2cc(N)c(C)cc2Br)c1. The van der Waals surface area contributed by atoms with Crippen LogP contribution in [0.25, 0.3) is 0 Å². The van der Waals surface area contributed by atoms with Crippen LogP contribution >= 0.6 is 27.3 Å². The Morgan fingerprint density at radius 1 is 1.42 bits per heavy atom. The highest BCUT2D eigenvalue weighted by molar-refractivity contribution is 9.10. The van der Waals surface area contributed by atoms with Gasteiger partial charge in [-0.05, 0) is 40.5 Å². The minimum atomic E-state index is -0.183. The number of carbonyl (C=O) groups is 1. The summed E-state index contributed by atoms with van der Waals surface area (Å²) in [6.45, 7) is 1.91. The molecule has 4 nitrogen and oxygen atoms in total. The number of anilines is 2. The van der Waals surface area contributed by atoms with Crippen molar-refractivity contribution in [1.29, 1.82) is 0 Å². The summed E-state index contributed by atoms with van der Waals surface area (Å²) in [5.74, 6) is 0.495. The number of ether oxygens (including phenoxy) is 1.